The summed E-state index contributed by atoms with van der Waals surface area (Å²) in [6.45, 7) is 2.07. The summed E-state index contributed by atoms with van der Waals surface area (Å²) >= 11 is 1.50. The van der Waals surface area contributed by atoms with Crippen molar-refractivity contribution >= 4 is 45.6 Å². The van der Waals surface area contributed by atoms with Crippen LogP contribution in [0, 0.1) is 11.3 Å². The van der Waals surface area contributed by atoms with Crippen molar-refractivity contribution in [3.05, 3.63) is 47.8 Å². The zero-order valence-corrected chi connectivity index (χ0v) is 16.5. The first-order chi connectivity index (χ1) is 12.7. The number of carbonyl (C=O) groups excluding carboxylic acids is 1. The van der Waals surface area contributed by atoms with Gasteiger partial charge in [-0.15, -0.1) is 23.7 Å². The van der Waals surface area contributed by atoms with Crippen molar-refractivity contribution in [2.75, 3.05) is 18.4 Å². The van der Waals surface area contributed by atoms with Gasteiger partial charge in [0.2, 0.25) is 5.91 Å². The van der Waals surface area contributed by atoms with Crippen molar-refractivity contribution < 1.29 is 4.79 Å². The molecule has 2 N–H and O–H groups in total. The van der Waals surface area contributed by atoms with E-state index in [-0.39, 0.29) is 29.6 Å². The molecule has 1 aromatic heterocycles. The second kappa shape index (κ2) is 7.23. The van der Waals surface area contributed by atoms with Crippen LogP contribution in [0.1, 0.15) is 19.3 Å². The Morgan fingerprint density at radius 3 is 2.74 bits per heavy atom. The van der Waals surface area contributed by atoms with E-state index in [0.717, 1.165) is 43.6 Å². The molecule has 1 atom stereocenters. The van der Waals surface area contributed by atoms with Gasteiger partial charge in [-0.3, -0.25) is 4.79 Å². The summed E-state index contributed by atoms with van der Waals surface area (Å²) in [5.74, 6) is 0.309. The zero-order valence-electron chi connectivity index (χ0n) is 14.9. The molecule has 1 saturated heterocycles. The van der Waals surface area contributed by atoms with Crippen LogP contribution >= 0.6 is 23.7 Å². The van der Waals surface area contributed by atoms with Gasteiger partial charge < -0.3 is 10.6 Å². The third-order valence-electron chi connectivity index (χ3n) is 5.89. The average Bonchev–Trinajstić information content (AvgIpc) is 3.16. The first-order valence-corrected chi connectivity index (χ1v) is 10.1. The Labute approximate surface area is 168 Å². The zero-order chi connectivity index (χ0) is 17.6. The monoisotopic (exact) mass is 399 g/mol. The number of benzene rings is 2. The van der Waals surface area contributed by atoms with Gasteiger partial charge in [-0.1, -0.05) is 36.4 Å². The minimum Gasteiger partial charge on any atom is -0.317 e. The largest absolute Gasteiger partial charge is 0.317 e. The van der Waals surface area contributed by atoms with E-state index in [4.69, 9.17) is 0 Å². The number of piperidine rings is 1. The van der Waals surface area contributed by atoms with Crippen LogP contribution in [0.15, 0.2) is 47.8 Å². The quantitative estimate of drug-likeness (QED) is 0.670. The van der Waals surface area contributed by atoms with E-state index in [0.29, 0.717) is 5.13 Å². The number of nitrogens with zero attached hydrogens (tertiary/aromatic N) is 1. The topological polar surface area (TPSA) is 54.0 Å². The van der Waals surface area contributed by atoms with Crippen LogP contribution in [0.3, 0.4) is 0 Å². The van der Waals surface area contributed by atoms with Crippen molar-refractivity contribution in [2.45, 2.75) is 19.3 Å². The Kier molecular flexibility index (Phi) is 4.93. The van der Waals surface area contributed by atoms with Crippen molar-refractivity contribution in [3.63, 3.8) is 0 Å². The summed E-state index contributed by atoms with van der Waals surface area (Å²) in [6, 6.07) is 14.7. The first-order valence-electron chi connectivity index (χ1n) is 9.20. The Morgan fingerprint density at radius 1 is 1.15 bits per heavy atom. The Morgan fingerprint density at radius 2 is 1.93 bits per heavy atom. The molecule has 1 unspecified atom stereocenters. The Balaban J connectivity index is 0.00000180. The standard InChI is InChI=1S/C21H21N3OS.ClH/c25-19(17-12-21(17)7-9-22-10-8-21)24-20-23-18(13-26-20)16-6-5-14-3-1-2-4-15(14)11-16;/h1-6,11,13,17,22H,7-10,12H2,(H,23,24,25);1H. The normalized spacial score (nSPS) is 20.2. The molecular weight excluding hydrogens is 378 g/mol. The number of amides is 1. The number of thiazole rings is 1. The van der Waals surface area contributed by atoms with Gasteiger partial charge >= 0.3 is 0 Å². The van der Waals surface area contributed by atoms with Crippen molar-refractivity contribution in [2.24, 2.45) is 11.3 Å². The van der Waals surface area contributed by atoms with Crippen LogP contribution in [0.25, 0.3) is 22.0 Å². The fraction of sp³-hybridized carbons (Fsp3) is 0.333. The minimum absolute atomic E-state index is 0. The molecule has 2 aromatic carbocycles. The third kappa shape index (κ3) is 3.47. The van der Waals surface area contributed by atoms with E-state index in [1.165, 1.54) is 22.1 Å². The Bertz CT molecular complexity index is 980. The van der Waals surface area contributed by atoms with E-state index < -0.39 is 0 Å². The summed E-state index contributed by atoms with van der Waals surface area (Å²) in [7, 11) is 0. The lowest BCUT2D eigenvalue weighted by Crippen LogP contribution is -2.31. The van der Waals surface area contributed by atoms with Gasteiger partial charge in [0, 0.05) is 16.9 Å². The molecule has 27 heavy (non-hydrogen) atoms. The highest BCUT2D eigenvalue weighted by atomic mass is 35.5. The second-order valence-electron chi connectivity index (χ2n) is 7.46. The fourth-order valence-corrected chi connectivity index (χ4v) is 4.92. The molecule has 3 aromatic rings. The van der Waals surface area contributed by atoms with Crippen molar-refractivity contribution in [1.82, 2.24) is 10.3 Å². The van der Waals surface area contributed by atoms with Crippen molar-refractivity contribution in [3.8, 4) is 11.3 Å². The van der Waals surface area contributed by atoms with Crippen LogP contribution in [-0.4, -0.2) is 24.0 Å². The molecule has 1 amide bonds. The number of hydrogen-bond donors (Lipinski definition) is 2. The summed E-state index contributed by atoms with van der Waals surface area (Å²) in [6.07, 6.45) is 3.26. The van der Waals surface area contributed by atoms with Crippen molar-refractivity contribution in [1.29, 1.82) is 0 Å². The molecule has 5 rings (SSSR count). The van der Waals surface area contributed by atoms with Crippen LogP contribution in [-0.2, 0) is 4.79 Å². The minimum atomic E-state index is 0. The highest BCUT2D eigenvalue weighted by Gasteiger charge is 2.57. The molecule has 4 nitrogen and oxygen atoms in total. The summed E-state index contributed by atoms with van der Waals surface area (Å²) in [5, 5.41) is 11.6. The molecule has 6 heteroatoms. The number of hydrogen-bond acceptors (Lipinski definition) is 4. The first kappa shape index (κ1) is 18.4. The molecule has 1 aliphatic heterocycles. The van der Waals surface area contributed by atoms with E-state index in [2.05, 4.69) is 45.9 Å². The molecule has 2 aliphatic rings. The van der Waals surface area contributed by atoms with Crippen LogP contribution < -0.4 is 10.6 Å². The second-order valence-corrected chi connectivity index (χ2v) is 8.32. The predicted molar refractivity (Wildman–Crippen MR) is 114 cm³/mol. The lowest BCUT2D eigenvalue weighted by atomic mass is 9.92. The smallest absolute Gasteiger partial charge is 0.229 e. The molecule has 1 aliphatic carbocycles. The lowest BCUT2D eigenvalue weighted by Gasteiger charge is -2.22. The number of halogens is 1. The molecule has 1 spiro atoms. The summed E-state index contributed by atoms with van der Waals surface area (Å²) < 4.78 is 0. The highest BCUT2D eigenvalue weighted by Crippen LogP contribution is 2.58. The average molecular weight is 400 g/mol. The molecular formula is C21H22ClN3OS. The number of carbonyl (C=O) groups is 1. The maximum Gasteiger partial charge on any atom is 0.229 e. The maximum atomic E-state index is 12.6. The van der Waals surface area contributed by atoms with E-state index >= 15 is 0 Å². The van der Waals surface area contributed by atoms with Gasteiger partial charge in [-0.05, 0) is 54.6 Å². The predicted octanol–water partition coefficient (Wildman–Crippen LogP) is 4.71. The van der Waals surface area contributed by atoms with Crippen LogP contribution in [0.5, 0.6) is 0 Å². The molecule has 1 saturated carbocycles. The van der Waals surface area contributed by atoms with E-state index in [9.17, 15) is 4.79 Å². The van der Waals surface area contributed by atoms with Gasteiger partial charge in [0.05, 0.1) is 5.69 Å². The third-order valence-corrected chi connectivity index (χ3v) is 6.64. The Hall–Kier alpha value is -1.95. The SMILES string of the molecule is Cl.O=C(Nc1nc(-c2ccc3ccccc3c2)cs1)C1CC12CCNCC2. The van der Waals surface area contributed by atoms with Crippen LogP contribution in [0.2, 0.25) is 0 Å². The molecule has 2 heterocycles. The number of aromatic nitrogens is 1. The van der Waals surface area contributed by atoms with Crippen LogP contribution in [0.4, 0.5) is 5.13 Å². The number of anilines is 1. The summed E-state index contributed by atoms with van der Waals surface area (Å²) in [4.78, 5) is 17.2. The molecule has 0 bridgehead atoms. The number of rotatable bonds is 3. The van der Waals surface area contributed by atoms with Gasteiger partial charge in [-0.2, -0.15) is 0 Å². The molecule has 2 fully saturated rings. The van der Waals surface area contributed by atoms with Gasteiger partial charge in [0.25, 0.3) is 0 Å². The fourth-order valence-electron chi connectivity index (χ4n) is 4.20. The molecule has 0 radical (unpaired) electrons. The lowest BCUT2D eigenvalue weighted by molar-refractivity contribution is -0.118. The van der Waals surface area contributed by atoms with Gasteiger partial charge in [-0.25, -0.2) is 4.98 Å². The summed E-state index contributed by atoms with van der Waals surface area (Å²) in [5.41, 5.74) is 2.26. The van der Waals surface area contributed by atoms with E-state index in [1.54, 1.807) is 0 Å². The number of nitrogens with one attached hydrogen (secondary N) is 2. The van der Waals surface area contributed by atoms with Gasteiger partial charge in [0.1, 0.15) is 0 Å². The highest BCUT2D eigenvalue weighted by molar-refractivity contribution is 7.14. The van der Waals surface area contributed by atoms with Gasteiger partial charge in [0.15, 0.2) is 5.13 Å². The molecule has 140 valence electrons. The van der Waals surface area contributed by atoms with E-state index in [1.807, 2.05) is 17.5 Å². The number of fused-ring (bicyclic) bond motifs is 1. The maximum absolute atomic E-state index is 12.6.